The van der Waals surface area contributed by atoms with Crippen LogP contribution in [0.1, 0.15) is 26.7 Å². The molecule has 3 nitrogen and oxygen atoms in total. The summed E-state index contributed by atoms with van der Waals surface area (Å²) in [6.45, 7) is 6.29. The van der Waals surface area contributed by atoms with E-state index in [1.54, 1.807) is 0 Å². The lowest BCUT2D eigenvalue weighted by molar-refractivity contribution is -0.121. The lowest BCUT2D eigenvalue weighted by atomic mass is 10.2. The fourth-order valence-corrected chi connectivity index (χ4v) is 0.786. The lowest BCUT2D eigenvalue weighted by Gasteiger charge is -2.01. The van der Waals surface area contributed by atoms with Crippen LogP contribution in [0.5, 0.6) is 0 Å². The minimum absolute atomic E-state index is 0.219. The van der Waals surface area contributed by atoms with Crippen LogP contribution in [0.4, 0.5) is 0 Å². The smallest absolute Gasteiger partial charge is 0.137 e. The molecule has 0 saturated heterocycles. The molecular weight excluding hydrogens is 156 g/mol. The largest absolute Gasteiger partial charge is 0.381 e. The molecule has 0 aliphatic heterocycles. The second kappa shape index (κ2) is 8.68. The number of ether oxygens (including phenoxy) is 2. The van der Waals surface area contributed by atoms with Gasteiger partial charge in [0.05, 0.1) is 13.2 Å². The Kier molecular flexibility index (Phi) is 8.39. The van der Waals surface area contributed by atoms with Crippen molar-refractivity contribution in [3.8, 4) is 0 Å². The summed E-state index contributed by atoms with van der Waals surface area (Å²) in [6.07, 6.45) is 1.03. The molecule has 0 aromatic carbocycles. The number of hydrogen-bond acceptors (Lipinski definition) is 3. The number of carbonyl (C=O) groups is 1. The molecule has 0 N–H and O–H groups in total. The summed E-state index contributed by atoms with van der Waals surface area (Å²) < 4.78 is 10.1. The highest BCUT2D eigenvalue weighted by Gasteiger charge is 2.00. The molecule has 0 bridgehead atoms. The maximum absolute atomic E-state index is 11.0. The topological polar surface area (TPSA) is 35.5 Å². The summed E-state index contributed by atoms with van der Waals surface area (Å²) in [5, 5.41) is 0. The zero-order chi connectivity index (χ0) is 9.23. The van der Waals surface area contributed by atoms with E-state index in [0.29, 0.717) is 39.3 Å². The lowest BCUT2D eigenvalue weighted by Crippen LogP contribution is -2.07. The SMILES string of the molecule is CCOCCC(=O)CCOCC. The minimum atomic E-state index is 0.219. The monoisotopic (exact) mass is 174 g/mol. The molecule has 0 radical (unpaired) electrons. The average molecular weight is 174 g/mol. The van der Waals surface area contributed by atoms with Crippen LogP contribution in [0.2, 0.25) is 0 Å². The van der Waals surface area contributed by atoms with Crippen molar-refractivity contribution < 1.29 is 14.3 Å². The van der Waals surface area contributed by atoms with Gasteiger partial charge in [0.2, 0.25) is 0 Å². The fraction of sp³-hybridized carbons (Fsp3) is 0.889. The Bertz CT molecular complexity index is 100. The second-order valence-corrected chi connectivity index (χ2v) is 2.43. The van der Waals surface area contributed by atoms with Gasteiger partial charge in [-0.1, -0.05) is 0 Å². The molecule has 0 rings (SSSR count). The van der Waals surface area contributed by atoms with Crippen molar-refractivity contribution >= 4 is 5.78 Å². The Morgan fingerprint density at radius 2 is 1.42 bits per heavy atom. The Hall–Kier alpha value is -0.410. The van der Waals surface area contributed by atoms with Crippen LogP contribution in [0.25, 0.3) is 0 Å². The van der Waals surface area contributed by atoms with Crippen LogP contribution in [-0.4, -0.2) is 32.2 Å². The summed E-state index contributed by atoms with van der Waals surface area (Å²) in [4.78, 5) is 11.0. The Morgan fingerprint density at radius 3 is 1.75 bits per heavy atom. The van der Waals surface area contributed by atoms with E-state index in [9.17, 15) is 4.79 Å². The van der Waals surface area contributed by atoms with Crippen LogP contribution >= 0.6 is 0 Å². The average Bonchev–Trinajstić information content (AvgIpc) is 2.06. The molecule has 3 heteroatoms. The van der Waals surface area contributed by atoms with Gasteiger partial charge in [0.25, 0.3) is 0 Å². The van der Waals surface area contributed by atoms with Crippen LogP contribution < -0.4 is 0 Å². The second-order valence-electron chi connectivity index (χ2n) is 2.43. The summed E-state index contributed by atoms with van der Waals surface area (Å²) >= 11 is 0. The van der Waals surface area contributed by atoms with Gasteiger partial charge in [-0.15, -0.1) is 0 Å². The van der Waals surface area contributed by atoms with E-state index in [-0.39, 0.29) is 5.78 Å². The first-order chi connectivity index (χ1) is 5.81. The van der Waals surface area contributed by atoms with Crippen LogP contribution in [-0.2, 0) is 14.3 Å². The van der Waals surface area contributed by atoms with E-state index >= 15 is 0 Å². The molecule has 12 heavy (non-hydrogen) atoms. The zero-order valence-electron chi connectivity index (χ0n) is 7.97. The van der Waals surface area contributed by atoms with E-state index < -0.39 is 0 Å². The molecule has 0 aromatic rings. The quantitative estimate of drug-likeness (QED) is 0.522. The zero-order valence-corrected chi connectivity index (χ0v) is 7.97. The van der Waals surface area contributed by atoms with Crippen molar-refractivity contribution in [1.82, 2.24) is 0 Å². The van der Waals surface area contributed by atoms with Crippen LogP contribution in [0, 0.1) is 0 Å². The maximum Gasteiger partial charge on any atom is 0.137 e. The number of carbonyl (C=O) groups excluding carboxylic acids is 1. The summed E-state index contributed by atoms with van der Waals surface area (Å²) in [5.74, 6) is 0.219. The van der Waals surface area contributed by atoms with Gasteiger partial charge in [0.1, 0.15) is 5.78 Å². The van der Waals surface area contributed by atoms with Crippen molar-refractivity contribution in [1.29, 1.82) is 0 Å². The molecule has 0 saturated carbocycles. The molecule has 0 aliphatic carbocycles. The fourth-order valence-electron chi connectivity index (χ4n) is 0.786. The third-order valence-corrected chi connectivity index (χ3v) is 1.46. The first-order valence-electron chi connectivity index (χ1n) is 4.48. The van der Waals surface area contributed by atoms with Crippen LogP contribution in [0.15, 0.2) is 0 Å². The highest BCUT2D eigenvalue weighted by Crippen LogP contribution is 1.91. The van der Waals surface area contributed by atoms with Crippen molar-refractivity contribution in [2.45, 2.75) is 26.7 Å². The van der Waals surface area contributed by atoms with Gasteiger partial charge in [0, 0.05) is 26.1 Å². The molecular formula is C9H18O3. The Balaban J connectivity index is 3.10. The highest BCUT2D eigenvalue weighted by molar-refractivity contribution is 5.78. The third-order valence-electron chi connectivity index (χ3n) is 1.46. The summed E-state index contributed by atoms with van der Waals surface area (Å²) in [5.41, 5.74) is 0. The number of Topliss-reactive ketones (excluding diaryl/α,β-unsaturated/α-hetero) is 1. The van der Waals surface area contributed by atoms with E-state index in [1.807, 2.05) is 13.8 Å². The molecule has 0 aromatic heterocycles. The number of rotatable bonds is 8. The van der Waals surface area contributed by atoms with Crippen molar-refractivity contribution in [3.63, 3.8) is 0 Å². The predicted octanol–water partition coefficient (Wildman–Crippen LogP) is 1.41. The Morgan fingerprint density at radius 1 is 1.00 bits per heavy atom. The first-order valence-corrected chi connectivity index (χ1v) is 4.48. The normalized spacial score (nSPS) is 10.2. The highest BCUT2D eigenvalue weighted by atomic mass is 16.5. The predicted molar refractivity (Wildman–Crippen MR) is 47.2 cm³/mol. The van der Waals surface area contributed by atoms with E-state index in [0.717, 1.165) is 0 Å². The standard InChI is InChI=1S/C9H18O3/c1-3-11-7-5-9(10)6-8-12-4-2/h3-8H2,1-2H3. The number of hydrogen-bond donors (Lipinski definition) is 0. The van der Waals surface area contributed by atoms with Gasteiger partial charge >= 0.3 is 0 Å². The van der Waals surface area contributed by atoms with E-state index in [4.69, 9.17) is 9.47 Å². The van der Waals surface area contributed by atoms with Gasteiger partial charge in [-0.25, -0.2) is 0 Å². The van der Waals surface area contributed by atoms with Gasteiger partial charge < -0.3 is 9.47 Å². The first kappa shape index (κ1) is 11.6. The summed E-state index contributed by atoms with van der Waals surface area (Å²) in [6, 6.07) is 0. The van der Waals surface area contributed by atoms with Crippen molar-refractivity contribution in [2.24, 2.45) is 0 Å². The van der Waals surface area contributed by atoms with Crippen LogP contribution in [0.3, 0.4) is 0 Å². The third kappa shape index (κ3) is 7.69. The molecule has 0 heterocycles. The molecule has 0 atom stereocenters. The van der Waals surface area contributed by atoms with E-state index in [1.165, 1.54) is 0 Å². The molecule has 72 valence electrons. The van der Waals surface area contributed by atoms with Crippen molar-refractivity contribution in [2.75, 3.05) is 26.4 Å². The van der Waals surface area contributed by atoms with Gasteiger partial charge in [0.15, 0.2) is 0 Å². The van der Waals surface area contributed by atoms with E-state index in [2.05, 4.69) is 0 Å². The van der Waals surface area contributed by atoms with Gasteiger partial charge in [-0.3, -0.25) is 4.79 Å². The minimum Gasteiger partial charge on any atom is -0.381 e. The molecule has 0 aliphatic rings. The van der Waals surface area contributed by atoms with Gasteiger partial charge in [-0.05, 0) is 13.8 Å². The number of ketones is 1. The maximum atomic E-state index is 11.0. The van der Waals surface area contributed by atoms with Gasteiger partial charge in [-0.2, -0.15) is 0 Å². The summed E-state index contributed by atoms with van der Waals surface area (Å²) in [7, 11) is 0. The Labute approximate surface area is 74.0 Å². The molecule has 0 fully saturated rings. The molecule has 0 spiro atoms. The molecule has 0 unspecified atom stereocenters. The van der Waals surface area contributed by atoms with Crippen molar-refractivity contribution in [3.05, 3.63) is 0 Å². The molecule has 0 amide bonds.